The van der Waals surface area contributed by atoms with E-state index in [1.54, 1.807) is 6.07 Å². The zero-order valence-corrected chi connectivity index (χ0v) is 19.6. The minimum Gasteiger partial charge on any atom is -0.508 e. The van der Waals surface area contributed by atoms with Crippen molar-refractivity contribution in [3.63, 3.8) is 0 Å². The van der Waals surface area contributed by atoms with Crippen LogP contribution in [0.15, 0.2) is 34.7 Å². The van der Waals surface area contributed by atoms with Crippen LogP contribution in [0, 0.1) is 29.0 Å². The number of hydrogen-bond acceptors (Lipinski definition) is 8. The zero-order valence-electron chi connectivity index (χ0n) is 17.9. The van der Waals surface area contributed by atoms with Gasteiger partial charge in [-0.05, 0) is 30.0 Å². The molecule has 34 heavy (non-hydrogen) atoms. The number of nitrogens with one attached hydrogen (secondary N) is 2. The first-order chi connectivity index (χ1) is 16.0. The third-order valence-corrected chi connectivity index (χ3v) is 6.59. The van der Waals surface area contributed by atoms with E-state index in [2.05, 4.69) is 31.5 Å². The number of phenolic OH excluding ortho intramolecular Hbond substituents is 1. The Morgan fingerprint density at radius 2 is 1.97 bits per heavy atom. The number of nitrogen functional groups attached to an aromatic ring is 1. The van der Waals surface area contributed by atoms with Crippen LogP contribution >= 0.6 is 17.0 Å². The molecule has 2 atom stereocenters. The van der Waals surface area contributed by atoms with Gasteiger partial charge in [0.15, 0.2) is 11.5 Å². The summed E-state index contributed by atoms with van der Waals surface area (Å²) < 4.78 is 20.9. The fourth-order valence-electron chi connectivity index (χ4n) is 4.99. The number of pyridine rings is 1. The monoisotopic (exact) mass is 525 g/mol. The molecule has 0 amide bonds. The van der Waals surface area contributed by atoms with Crippen LogP contribution in [0.5, 0.6) is 5.75 Å². The Labute approximate surface area is 204 Å². The number of fused-ring (bicyclic) bond motifs is 2. The van der Waals surface area contributed by atoms with Gasteiger partial charge in [0, 0.05) is 43.9 Å². The van der Waals surface area contributed by atoms with E-state index in [1.165, 1.54) is 12.1 Å². The highest BCUT2D eigenvalue weighted by atomic mass is 79.9. The van der Waals surface area contributed by atoms with Crippen molar-refractivity contribution in [2.75, 3.05) is 36.8 Å². The number of H-pyrrole nitrogens is 1. The van der Waals surface area contributed by atoms with Crippen molar-refractivity contribution in [3.05, 3.63) is 41.7 Å². The molecule has 2 fully saturated rings. The van der Waals surface area contributed by atoms with E-state index in [9.17, 15) is 14.8 Å². The van der Waals surface area contributed by atoms with Crippen molar-refractivity contribution in [2.24, 2.45) is 11.8 Å². The Morgan fingerprint density at radius 1 is 1.21 bits per heavy atom. The van der Waals surface area contributed by atoms with Crippen LogP contribution in [-0.4, -0.2) is 46.5 Å². The quantitative estimate of drug-likeness (QED) is 0.319. The van der Waals surface area contributed by atoms with Gasteiger partial charge in [0.05, 0.1) is 22.2 Å². The highest BCUT2D eigenvalue weighted by Crippen LogP contribution is 2.41. The van der Waals surface area contributed by atoms with Gasteiger partial charge in [-0.3, -0.25) is 5.10 Å². The summed E-state index contributed by atoms with van der Waals surface area (Å²) in [6.07, 6.45) is 0. The fraction of sp³-hybridized carbons (Fsp3) is 0.261. The lowest BCUT2D eigenvalue weighted by molar-refractivity contribution is 0.469. The number of nitrogens with two attached hydrogens (primary N) is 1. The van der Waals surface area contributed by atoms with E-state index in [-0.39, 0.29) is 51.0 Å². The van der Waals surface area contributed by atoms with Gasteiger partial charge in [-0.15, -0.1) is 17.0 Å². The summed E-state index contributed by atoms with van der Waals surface area (Å²) in [5, 5.41) is 30.4. The Hall–Kier alpha value is -3.62. The van der Waals surface area contributed by atoms with Crippen LogP contribution in [0.1, 0.15) is 5.56 Å². The van der Waals surface area contributed by atoms with Gasteiger partial charge in [-0.25, -0.2) is 9.37 Å². The lowest BCUT2D eigenvalue weighted by atomic mass is 9.97. The highest BCUT2D eigenvalue weighted by Gasteiger charge is 2.37. The first-order valence-electron chi connectivity index (χ1n) is 10.7. The second-order valence-electron chi connectivity index (χ2n) is 8.54. The van der Waals surface area contributed by atoms with Crippen molar-refractivity contribution in [1.82, 2.24) is 20.5 Å². The third kappa shape index (κ3) is 3.38. The van der Waals surface area contributed by atoms with Gasteiger partial charge in [-0.2, -0.15) is 10.4 Å². The molecule has 3 aromatic heterocycles. The number of aromatic hydroxyl groups is 1. The molecule has 2 aliphatic heterocycles. The summed E-state index contributed by atoms with van der Waals surface area (Å²) in [6.45, 7) is 3.81. The fourth-order valence-corrected chi connectivity index (χ4v) is 4.99. The number of aromatic nitrogens is 3. The predicted molar refractivity (Wildman–Crippen MR) is 130 cm³/mol. The molecule has 2 unspecified atom stereocenters. The van der Waals surface area contributed by atoms with Crippen molar-refractivity contribution in [3.8, 4) is 34.4 Å². The van der Waals surface area contributed by atoms with Gasteiger partial charge in [0.2, 0.25) is 0 Å². The topological polar surface area (TPSA) is 140 Å². The number of phenols is 1. The second-order valence-corrected chi connectivity index (χ2v) is 8.54. The predicted octanol–water partition coefficient (Wildman–Crippen LogP) is 3.42. The summed E-state index contributed by atoms with van der Waals surface area (Å²) in [5.74, 6) is 1.64. The van der Waals surface area contributed by atoms with Crippen molar-refractivity contribution in [1.29, 1.82) is 5.26 Å². The molecule has 5 N–H and O–H groups in total. The second kappa shape index (κ2) is 8.30. The first-order valence-corrected chi connectivity index (χ1v) is 10.7. The molecule has 0 aliphatic carbocycles. The van der Waals surface area contributed by atoms with Crippen LogP contribution in [0.25, 0.3) is 33.6 Å². The average molecular weight is 526 g/mol. The number of halogens is 2. The maximum Gasteiger partial charge on any atom is 0.196 e. The molecule has 6 rings (SSSR count). The number of furan rings is 1. The molecular weight excluding hydrogens is 505 g/mol. The summed E-state index contributed by atoms with van der Waals surface area (Å²) in [7, 11) is 0. The number of nitrogens with zero attached hydrogens (tertiary/aromatic N) is 4. The molecule has 5 heterocycles. The molecular formula is C23H21BrFN7O2. The van der Waals surface area contributed by atoms with E-state index in [0.29, 0.717) is 34.4 Å². The zero-order chi connectivity index (χ0) is 22.7. The number of hydrogen-bond donors (Lipinski definition) is 4. The molecule has 2 aliphatic rings. The summed E-state index contributed by atoms with van der Waals surface area (Å²) in [5.41, 5.74) is 7.06. The van der Waals surface area contributed by atoms with Gasteiger partial charge in [0.25, 0.3) is 0 Å². The number of rotatable bonds is 3. The van der Waals surface area contributed by atoms with Gasteiger partial charge in [0.1, 0.15) is 29.2 Å². The molecule has 0 spiro atoms. The van der Waals surface area contributed by atoms with Crippen LogP contribution in [0.2, 0.25) is 0 Å². The smallest absolute Gasteiger partial charge is 0.196 e. The molecule has 9 nitrogen and oxygen atoms in total. The molecule has 174 valence electrons. The van der Waals surface area contributed by atoms with Crippen molar-refractivity contribution >= 4 is 39.7 Å². The molecule has 11 heteroatoms. The molecule has 1 aromatic carbocycles. The maximum atomic E-state index is 14.7. The van der Waals surface area contributed by atoms with Gasteiger partial charge >= 0.3 is 0 Å². The summed E-state index contributed by atoms with van der Waals surface area (Å²) in [6, 6.07) is 9.53. The number of aromatic amines is 1. The SMILES string of the molecule is Br.N#Cc1c(-c2ccc(O)cc2F)nc2n[nH]c(N)c2c1-c1ccc(N2CC3CNCC3C2)o1. The number of anilines is 2. The highest BCUT2D eigenvalue weighted by molar-refractivity contribution is 8.93. The summed E-state index contributed by atoms with van der Waals surface area (Å²) >= 11 is 0. The largest absolute Gasteiger partial charge is 0.508 e. The molecule has 4 aromatic rings. The van der Waals surface area contributed by atoms with E-state index in [4.69, 9.17) is 10.2 Å². The maximum absolute atomic E-state index is 14.7. The molecule has 2 saturated heterocycles. The first kappa shape index (κ1) is 22.2. The van der Waals surface area contributed by atoms with Crippen LogP contribution in [0.4, 0.5) is 16.1 Å². The van der Waals surface area contributed by atoms with Gasteiger partial charge < -0.3 is 25.5 Å². The molecule has 0 saturated carbocycles. The van der Waals surface area contributed by atoms with Crippen molar-refractivity contribution < 1.29 is 13.9 Å². The van der Waals surface area contributed by atoms with Crippen LogP contribution < -0.4 is 16.0 Å². The van der Waals surface area contributed by atoms with Gasteiger partial charge in [-0.1, -0.05) is 0 Å². The minimum absolute atomic E-state index is 0. The van der Waals surface area contributed by atoms with Crippen molar-refractivity contribution in [2.45, 2.75) is 0 Å². The van der Waals surface area contributed by atoms with E-state index >= 15 is 0 Å². The van der Waals surface area contributed by atoms with E-state index in [1.807, 2.05) is 6.07 Å². The normalized spacial score (nSPS) is 19.2. The minimum atomic E-state index is -0.704. The Bertz CT molecular complexity index is 1430. The molecule has 0 radical (unpaired) electrons. The number of benzene rings is 1. The Balaban J connectivity index is 0.00000241. The van der Waals surface area contributed by atoms with E-state index in [0.717, 1.165) is 32.2 Å². The average Bonchev–Trinajstić information content (AvgIpc) is 3.56. The van der Waals surface area contributed by atoms with Crippen LogP contribution in [-0.2, 0) is 0 Å². The lowest BCUT2D eigenvalue weighted by Gasteiger charge is -2.16. The third-order valence-electron chi connectivity index (χ3n) is 6.59. The Morgan fingerprint density at radius 3 is 2.68 bits per heavy atom. The lowest BCUT2D eigenvalue weighted by Crippen LogP contribution is -2.24. The summed E-state index contributed by atoms with van der Waals surface area (Å²) in [4.78, 5) is 6.62. The number of nitriles is 1. The Kier molecular flexibility index (Phi) is 5.42. The van der Waals surface area contributed by atoms with Crippen LogP contribution in [0.3, 0.4) is 0 Å². The standard InChI is InChI=1S/C23H20FN7O2.BrH/c24-16-5-13(32)1-2-14(16)21-15(6-25)19(20-22(26)29-30-23(20)28-21)17-3-4-18(33-17)31-9-11-7-27-8-12(11)10-31;/h1-5,11-12,27,32H,7-10H2,(H3,26,28,29,30);1H. The van der Waals surface area contributed by atoms with E-state index < -0.39 is 5.82 Å². The molecule has 0 bridgehead atoms.